The fourth-order valence-corrected chi connectivity index (χ4v) is 1.94. The molecular weight excluding hydrogens is 288 g/mol. The van der Waals surface area contributed by atoms with Crippen LogP contribution in [0.4, 0.5) is 5.82 Å². The van der Waals surface area contributed by atoms with Crippen molar-refractivity contribution >= 4 is 5.82 Å². The summed E-state index contributed by atoms with van der Waals surface area (Å²) in [6.45, 7) is 0.595. The van der Waals surface area contributed by atoms with Gasteiger partial charge in [-0.1, -0.05) is 24.3 Å². The first kappa shape index (κ1) is 14.5. The van der Waals surface area contributed by atoms with Gasteiger partial charge in [-0.3, -0.25) is 0 Å². The van der Waals surface area contributed by atoms with Crippen LogP contribution in [0, 0.1) is 11.3 Å². The Morgan fingerprint density at radius 2 is 1.83 bits per heavy atom. The Labute approximate surface area is 134 Å². The van der Waals surface area contributed by atoms with E-state index < -0.39 is 0 Å². The molecule has 0 unspecified atom stereocenters. The molecule has 0 atom stereocenters. The molecule has 23 heavy (non-hydrogen) atoms. The van der Waals surface area contributed by atoms with E-state index in [0.717, 1.165) is 11.3 Å². The number of hydrogen-bond acceptors (Lipinski definition) is 5. The largest absolute Gasteiger partial charge is 0.439 e. The van der Waals surface area contributed by atoms with Crippen LogP contribution < -0.4 is 10.1 Å². The molecule has 0 fully saturated rings. The van der Waals surface area contributed by atoms with Crippen LogP contribution in [0.2, 0.25) is 0 Å². The molecule has 112 valence electrons. The summed E-state index contributed by atoms with van der Waals surface area (Å²) in [6.07, 6.45) is 3.30. The van der Waals surface area contributed by atoms with Crippen LogP contribution in [0.3, 0.4) is 0 Å². The van der Waals surface area contributed by atoms with Gasteiger partial charge < -0.3 is 10.1 Å². The van der Waals surface area contributed by atoms with Crippen LogP contribution in [0.5, 0.6) is 11.6 Å². The zero-order valence-corrected chi connectivity index (χ0v) is 12.3. The molecule has 5 nitrogen and oxygen atoms in total. The van der Waals surface area contributed by atoms with E-state index in [4.69, 9.17) is 10.00 Å². The van der Waals surface area contributed by atoms with E-state index in [1.807, 2.05) is 48.5 Å². The number of nitriles is 1. The van der Waals surface area contributed by atoms with Crippen molar-refractivity contribution < 1.29 is 4.74 Å². The molecule has 0 aliphatic heterocycles. The fraction of sp³-hybridized carbons (Fsp3) is 0.0556. The summed E-state index contributed by atoms with van der Waals surface area (Å²) in [6, 6.07) is 18.9. The van der Waals surface area contributed by atoms with Crippen molar-refractivity contribution in [2.75, 3.05) is 5.32 Å². The summed E-state index contributed by atoms with van der Waals surface area (Å²) in [5.41, 5.74) is 1.55. The normalized spacial score (nSPS) is 9.87. The molecule has 3 aromatic rings. The topological polar surface area (TPSA) is 70.8 Å². The van der Waals surface area contributed by atoms with Crippen LogP contribution in [0.15, 0.2) is 67.0 Å². The van der Waals surface area contributed by atoms with Gasteiger partial charge in [-0.05, 0) is 29.8 Å². The quantitative estimate of drug-likeness (QED) is 0.777. The average Bonchev–Trinajstić information content (AvgIpc) is 2.62. The predicted octanol–water partition coefficient (Wildman–Crippen LogP) is 3.75. The predicted molar refractivity (Wildman–Crippen MR) is 87.0 cm³/mol. The molecule has 5 heteroatoms. The molecule has 0 saturated carbocycles. The Hall–Kier alpha value is -3.39. The third-order valence-electron chi connectivity index (χ3n) is 3.13. The van der Waals surface area contributed by atoms with Gasteiger partial charge in [0.2, 0.25) is 5.88 Å². The fourth-order valence-electron chi connectivity index (χ4n) is 1.94. The van der Waals surface area contributed by atoms with Crippen molar-refractivity contribution in [1.82, 2.24) is 9.97 Å². The average molecular weight is 302 g/mol. The van der Waals surface area contributed by atoms with Crippen LogP contribution in [-0.4, -0.2) is 9.97 Å². The first-order valence-corrected chi connectivity index (χ1v) is 7.11. The van der Waals surface area contributed by atoms with Crippen LogP contribution in [-0.2, 0) is 6.54 Å². The van der Waals surface area contributed by atoms with Gasteiger partial charge in [-0.25, -0.2) is 9.97 Å². The lowest BCUT2D eigenvalue weighted by molar-refractivity contribution is 0.462. The van der Waals surface area contributed by atoms with Crippen molar-refractivity contribution in [2.24, 2.45) is 0 Å². The Bertz CT molecular complexity index is 793. The summed E-state index contributed by atoms with van der Waals surface area (Å²) in [7, 11) is 0. The third kappa shape index (κ3) is 4.05. The summed E-state index contributed by atoms with van der Waals surface area (Å²) in [5, 5.41) is 11.9. The first-order valence-electron chi connectivity index (χ1n) is 7.11. The number of nitrogens with zero attached hydrogens (tertiary/aromatic N) is 3. The zero-order valence-electron chi connectivity index (χ0n) is 12.3. The lowest BCUT2D eigenvalue weighted by atomic mass is 10.2. The van der Waals surface area contributed by atoms with Crippen LogP contribution in [0.25, 0.3) is 0 Å². The van der Waals surface area contributed by atoms with E-state index in [1.165, 1.54) is 6.20 Å². The molecule has 2 heterocycles. The summed E-state index contributed by atoms with van der Waals surface area (Å²) in [5.74, 6) is 2.03. The molecule has 0 aliphatic carbocycles. The lowest BCUT2D eigenvalue weighted by Crippen LogP contribution is -2.01. The lowest BCUT2D eigenvalue weighted by Gasteiger charge is -2.07. The molecule has 0 amide bonds. The monoisotopic (exact) mass is 302 g/mol. The second-order valence-electron chi connectivity index (χ2n) is 4.82. The smallest absolute Gasteiger partial charge is 0.219 e. The highest BCUT2D eigenvalue weighted by Crippen LogP contribution is 2.18. The Kier molecular flexibility index (Phi) is 4.46. The second-order valence-corrected chi connectivity index (χ2v) is 4.82. The van der Waals surface area contributed by atoms with Gasteiger partial charge in [-0.2, -0.15) is 5.26 Å². The standard InChI is InChI=1S/C18H14N4O/c19-10-14-6-8-17(20-11-14)21-12-15-7-9-18(22-13-15)23-16-4-2-1-3-5-16/h1-9,11,13H,12H2,(H,20,21). The van der Waals surface area contributed by atoms with Crippen molar-refractivity contribution in [3.63, 3.8) is 0 Å². The maximum Gasteiger partial charge on any atom is 0.219 e. The van der Waals surface area contributed by atoms with Gasteiger partial charge in [0.1, 0.15) is 17.6 Å². The molecule has 2 aromatic heterocycles. The molecule has 1 aromatic carbocycles. The highest BCUT2D eigenvalue weighted by molar-refractivity contribution is 5.39. The van der Waals surface area contributed by atoms with Gasteiger partial charge in [0.25, 0.3) is 0 Å². The maximum atomic E-state index is 8.74. The Morgan fingerprint density at radius 1 is 0.957 bits per heavy atom. The molecule has 0 bridgehead atoms. The number of rotatable bonds is 5. The van der Waals surface area contributed by atoms with Gasteiger partial charge in [0.05, 0.1) is 5.56 Å². The highest BCUT2D eigenvalue weighted by Gasteiger charge is 2.00. The number of pyridine rings is 2. The highest BCUT2D eigenvalue weighted by atomic mass is 16.5. The number of para-hydroxylation sites is 1. The summed E-state index contributed by atoms with van der Waals surface area (Å²) in [4.78, 5) is 8.45. The van der Waals surface area contributed by atoms with E-state index in [2.05, 4.69) is 15.3 Å². The van der Waals surface area contributed by atoms with Crippen LogP contribution in [0.1, 0.15) is 11.1 Å². The van der Waals surface area contributed by atoms with Crippen LogP contribution >= 0.6 is 0 Å². The van der Waals surface area contributed by atoms with Gasteiger partial charge in [0.15, 0.2) is 0 Å². The minimum absolute atomic E-state index is 0.541. The van der Waals surface area contributed by atoms with E-state index in [-0.39, 0.29) is 0 Å². The molecule has 3 rings (SSSR count). The summed E-state index contributed by atoms with van der Waals surface area (Å²) < 4.78 is 5.65. The number of hydrogen-bond donors (Lipinski definition) is 1. The maximum absolute atomic E-state index is 8.74. The zero-order chi connectivity index (χ0) is 15.9. The minimum atomic E-state index is 0.541. The summed E-state index contributed by atoms with van der Waals surface area (Å²) >= 11 is 0. The van der Waals surface area contributed by atoms with E-state index >= 15 is 0 Å². The van der Waals surface area contributed by atoms with Gasteiger partial charge >= 0.3 is 0 Å². The Morgan fingerprint density at radius 3 is 2.48 bits per heavy atom. The Balaban J connectivity index is 1.58. The number of aromatic nitrogens is 2. The van der Waals surface area contributed by atoms with E-state index in [0.29, 0.717) is 23.8 Å². The number of anilines is 1. The van der Waals surface area contributed by atoms with Crippen molar-refractivity contribution in [1.29, 1.82) is 5.26 Å². The molecule has 0 saturated heterocycles. The molecule has 0 radical (unpaired) electrons. The first-order chi connectivity index (χ1) is 11.3. The number of ether oxygens (including phenoxy) is 1. The van der Waals surface area contributed by atoms with Crippen molar-refractivity contribution in [3.05, 3.63) is 78.1 Å². The SMILES string of the molecule is N#Cc1ccc(NCc2ccc(Oc3ccccc3)nc2)nc1. The molecule has 0 spiro atoms. The third-order valence-corrected chi connectivity index (χ3v) is 3.13. The van der Waals surface area contributed by atoms with E-state index in [9.17, 15) is 0 Å². The number of nitrogens with one attached hydrogen (secondary N) is 1. The minimum Gasteiger partial charge on any atom is -0.439 e. The van der Waals surface area contributed by atoms with Crippen molar-refractivity contribution in [2.45, 2.75) is 6.54 Å². The van der Waals surface area contributed by atoms with Gasteiger partial charge in [-0.15, -0.1) is 0 Å². The molecular formula is C18H14N4O. The van der Waals surface area contributed by atoms with Crippen molar-refractivity contribution in [3.8, 4) is 17.7 Å². The second kappa shape index (κ2) is 7.05. The molecule has 1 N–H and O–H groups in total. The van der Waals surface area contributed by atoms with Gasteiger partial charge in [0, 0.05) is 25.0 Å². The van der Waals surface area contributed by atoms with E-state index in [1.54, 1.807) is 18.3 Å². The molecule has 0 aliphatic rings. The number of benzene rings is 1.